The number of nitrogens with zero attached hydrogens (tertiary/aromatic N) is 3. The molecule has 2 heterocycles. The van der Waals surface area contributed by atoms with E-state index in [1.165, 1.54) is 0 Å². The lowest BCUT2D eigenvalue weighted by Crippen LogP contribution is -2.01. The van der Waals surface area contributed by atoms with Gasteiger partial charge in [0.05, 0.1) is 6.61 Å². The van der Waals surface area contributed by atoms with E-state index in [0.29, 0.717) is 24.1 Å². The van der Waals surface area contributed by atoms with Gasteiger partial charge < -0.3 is 13.9 Å². The number of aryl methyl sites for hydroxylation is 1. The zero-order valence-electron chi connectivity index (χ0n) is 15.8. The lowest BCUT2D eigenvalue weighted by atomic mass is 10.1. The number of halogens is 2. The molecular weight excluding hydrogens is 380 g/mol. The van der Waals surface area contributed by atoms with Crippen molar-refractivity contribution in [3.63, 3.8) is 0 Å². The summed E-state index contributed by atoms with van der Waals surface area (Å²) >= 11 is 0. The minimum Gasteiger partial charge on any atom is -0.476 e. The van der Waals surface area contributed by atoms with Gasteiger partial charge in [-0.25, -0.2) is 13.8 Å². The van der Waals surface area contributed by atoms with Crippen LogP contribution in [-0.4, -0.2) is 21.6 Å². The third-order valence-electron chi connectivity index (χ3n) is 4.01. The molecule has 0 unspecified atom stereocenters. The van der Waals surface area contributed by atoms with E-state index in [0.717, 1.165) is 29.7 Å². The number of aromatic nitrogens is 3. The molecule has 0 aliphatic carbocycles. The molecule has 0 amide bonds. The quantitative estimate of drug-likeness (QED) is 0.431. The molecule has 8 heteroatoms. The van der Waals surface area contributed by atoms with Crippen molar-refractivity contribution in [3.8, 4) is 29.1 Å². The lowest BCUT2D eigenvalue weighted by molar-refractivity contribution is 0.301. The van der Waals surface area contributed by atoms with Gasteiger partial charge in [0.15, 0.2) is 17.1 Å². The van der Waals surface area contributed by atoms with Crippen molar-refractivity contribution >= 4 is 11.2 Å². The Kier molecular flexibility index (Phi) is 5.07. The molecule has 148 valence electrons. The number of ether oxygens (including phenoxy) is 2. The molecule has 0 saturated heterocycles. The van der Waals surface area contributed by atoms with Crippen LogP contribution in [0.4, 0.5) is 8.78 Å². The summed E-state index contributed by atoms with van der Waals surface area (Å²) in [6, 6.07) is 10.4. The first-order valence-corrected chi connectivity index (χ1v) is 9.05. The molecule has 6 nitrogen and oxygen atoms in total. The van der Waals surface area contributed by atoms with Gasteiger partial charge in [0, 0.05) is 11.6 Å². The van der Waals surface area contributed by atoms with Crippen LogP contribution in [0.2, 0.25) is 0 Å². The largest absolute Gasteiger partial charge is 0.476 e. The molecule has 0 N–H and O–H groups in total. The van der Waals surface area contributed by atoms with Crippen LogP contribution in [0.3, 0.4) is 0 Å². The number of oxazole rings is 1. The van der Waals surface area contributed by atoms with Gasteiger partial charge in [-0.1, -0.05) is 24.6 Å². The maximum absolute atomic E-state index is 13.9. The number of rotatable bonds is 6. The zero-order valence-corrected chi connectivity index (χ0v) is 15.8. The monoisotopic (exact) mass is 397 g/mol. The summed E-state index contributed by atoms with van der Waals surface area (Å²) in [6.07, 6.45) is 0.747. The Bertz CT molecular complexity index is 1180. The van der Waals surface area contributed by atoms with Crippen LogP contribution in [-0.2, 0) is 0 Å². The van der Waals surface area contributed by atoms with Crippen molar-refractivity contribution in [2.24, 2.45) is 0 Å². The molecule has 0 bridgehead atoms. The SMILES string of the molecule is CCCOc1nc(Oc2ccc(F)cc2F)nc2oc(-c3cccc(C)c3)nc12. The highest BCUT2D eigenvalue weighted by Crippen LogP contribution is 2.32. The molecule has 0 aliphatic heterocycles. The van der Waals surface area contributed by atoms with E-state index in [4.69, 9.17) is 13.9 Å². The molecular formula is C21H17F2N3O3. The lowest BCUT2D eigenvalue weighted by Gasteiger charge is -2.07. The molecule has 0 atom stereocenters. The highest BCUT2D eigenvalue weighted by Gasteiger charge is 2.19. The van der Waals surface area contributed by atoms with E-state index in [1.54, 1.807) is 0 Å². The average Bonchev–Trinajstić information content (AvgIpc) is 3.13. The second-order valence-corrected chi connectivity index (χ2v) is 6.38. The van der Waals surface area contributed by atoms with Crippen molar-refractivity contribution < 1.29 is 22.7 Å². The van der Waals surface area contributed by atoms with Crippen LogP contribution in [0, 0.1) is 18.6 Å². The Hall–Kier alpha value is -3.55. The molecule has 0 radical (unpaired) electrons. The Morgan fingerprint density at radius 1 is 1.03 bits per heavy atom. The normalized spacial score (nSPS) is 11.0. The Labute approximate surface area is 165 Å². The van der Waals surface area contributed by atoms with Gasteiger partial charge in [-0.05, 0) is 37.6 Å². The minimum absolute atomic E-state index is 0.139. The van der Waals surface area contributed by atoms with E-state index in [-0.39, 0.29) is 23.4 Å². The van der Waals surface area contributed by atoms with Crippen molar-refractivity contribution in [2.45, 2.75) is 20.3 Å². The minimum atomic E-state index is -0.872. The van der Waals surface area contributed by atoms with Crippen LogP contribution in [0.1, 0.15) is 18.9 Å². The third-order valence-corrected chi connectivity index (χ3v) is 4.01. The number of hydrogen-bond donors (Lipinski definition) is 0. The van der Waals surface area contributed by atoms with E-state index in [2.05, 4.69) is 15.0 Å². The zero-order chi connectivity index (χ0) is 20.4. The van der Waals surface area contributed by atoms with Crippen molar-refractivity contribution in [2.75, 3.05) is 6.61 Å². The topological polar surface area (TPSA) is 70.3 Å². The van der Waals surface area contributed by atoms with Gasteiger partial charge in [0.1, 0.15) is 5.82 Å². The fourth-order valence-electron chi connectivity index (χ4n) is 2.68. The molecule has 29 heavy (non-hydrogen) atoms. The molecule has 4 rings (SSSR count). The van der Waals surface area contributed by atoms with E-state index in [9.17, 15) is 8.78 Å². The summed E-state index contributed by atoms with van der Waals surface area (Å²) in [6.45, 7) is 4.30. The summed E-state index contributed by atoms with van der Waals surface area (Å²) < 4.78 is 43.9. The van der Waals surface area contributed by atoms with Crippen molar-refractivity contribution in [1.29, 1.82) is 0 Å². The first-order valence-electron chi connectivity index (χ1n) is 9.05. The summed E-state index contributed by atoms with van der Waals surface area (Å²) in [7, 11) is 0. The van der Waals surface area contributed by atoms with Crippen LogP contribution in [0.25, 0.3) is 22.7 Å². The van der Waals surface area contributed by atoms with Gasteiger partial charge >= 0.3 is 6.01 Å². The molecule has 0 aliphatic rings. The Morgan fingerprint density at radius 2 is 1.90 bits per heavy atom. The number of hydrogen-bond acceptors (Lipinski definition) is 6. The predicted molar refractivity (Wildman–Crippen MR) is 102 cm³/mol. The summed E-state index contributed by atoms with van der Waals surface area (Å²) in [5.41, 5.74) is 2.30. The second kappa shape index (κ2) is 7.83. The summed E-state index contributed by atoms with van der Waals surface area (Å²) in [4.78, 5) is 12.8. The fourth-order valence-corrected chi connectivity index (χ4v) is 2.68. The van der Waals surface area contributed by atoms with Crippen LogP contribution < -0.4 is 9.47 Å². The van der Waals surface area contributed by atoms with Crippen LogP contribution in [0.15, 0.2) is 46.9 Å². The Balaban J connectivity index is 1.77. The van der Waals surface area contributed by atoms with Crippen molar-refractivity contribution in [3.05, 3.63) is 59.7 Å². The number of benzene rings is 2. The van der Waals surface area contributed by atoms with Gasteiger partial charge in [-0.3, -0.25) is 0 Å². The van der Waals surface area contributed by atoms with E-state index in [1.807, 2.05) is 38.1 Å². The molecule has 0 saturated carbocycles. The standard InChI is InChI=1S/C21H17F2N3O3/c1-3-9-27-19-17-20(29-18(24-17)13-6-4-5-12(2)10-13)26-21(25-19)28-16-8-7-14(22)11-15(16)23/h4-8,10-11H,3,9H2,1-2H3. The molecule has 0 fully saturated rings. The molecule has 2 aromatic heterocycles. The molecule has 4 aromatic rings. The summed E-state index contributed by atoms with van der Waals surface area (Å²) in [5.74, 6) is -1.29. The first-order chi connectivity index (χ1) is 14.0. The molecule has 2 aromatic carbocycles. The van der Waals surface area contributed by atoms with Gasteiger partial charge in [0.25, 0.3) is 11.6 Å². The molecule has 0 spiro atoms. The van der Waals surface area contributed by atoms with Crippen LogP contribution >= 0.6 is 0 Å². The van der Waals surface area contributed by atoms with E-state index >= 15 is 0 Å². The average molecular weight is 397 g/mol. The Morgan fingerprint density at radius 3 is 2.66 bits per heavy atom. The third kappa shape index (κ3) is 4.01. The highest BCUT2D eigenvalue weighted by atomic mass is 19.1. The fraction of sp³-hybridized carbons (Fsp3) is 0.190. The first kappa shape index (κ1) is 18.8. The second-order valence-electron chi connectivity index (χ2n) is 6.38. The highest BCUT2D eigenvalue weighted by molar-refractivity contribution is 5.78. The predicted octanol–water partition coefficient (Wildman–Crippen LogP) is 5.45. The van der Waals surface area contributed by atoms with Crippen molar-refractivity contribution in [1.82, 2.24) is 15.0 Å². The smallest absolute Gasteiger partial charge is 0.328 e. The number of fused-ring (bicyclic) bond motifs is 1. The maximum atomic E-state index is 13.9. The van der Waals surface area contributed by atoms with Gasteiger partial charge in [0.2, 0.25) is 5.89 Å². The van der Waals surface area contributed by atoms with Gasteiger partial charge in [-0.15, -0.1) is 0 Å². The van der Waals surface area contributed by atoms with Crippen LogP contribution in [0.5, 0.6) is 17.6 Å². The maximum Gasteiger partial charge on any atom is 0.328 e. The van der Waals surface area contributed by atoms with E-state index < -0.39 is 11.6 Å². The summed E-state index contributed by atoms with van der Waals surface area (Å²) in [5, 5.41) is 0. The van der Waals surface area contributed by atoms with Gasteiger partial charge in [-0.2, -0.15) is 9.97 Å².